The SMILES string of the molecule is CCc1ccc(S(=O)(=O)NCC(=O)Nc2ccc(F)c(F)c2F)cc1. The standard InChI is InChI=1S/C16H15F3N2O3S/c1-2-10-3-5-11(6-4-10)25(23,24)20-9-14(22)21-13-8-7-12(17)15(18)16(13)19/h3-8,20H,2,9H2,1H3,(H,21,22). The quantitative estimate of drug-likeness (QED) is 0.766. The van der Waals surface area contributed by atoms with Crippen molar-refractivity contribution in [1.29, 1.82) is 0 Å². The third-order valence-electron chi connectivity index (χ3n) is 3.37. The highest BCUT2D eigenvalue weighted by Gasteiger charge is 2.18. The largest absolute Gasteiger partial charge is 0.322 e. The third-order valence-corrected chi connectivity index (χ3v) is 4.79. The average Bonchev–Trinajstić information content (AvgIpc) is 2.60. The highest BCUT2D eigenvalue weighted by molar-refractivity contribution is 7.89. The van der Waals surface area contributed by atoms with Crippen LogP contribution in [0.1, 0.15) is 12.5 Å². The number of hydrogen-bond acceptors (Lipinski definition) is 3. The number of amides is 1. The fourth-order valence-corrected chi connectivity index (χ4v) is 2.95. The van der Waals surface area contributed by atoms with Gasteiger partial charge in [-0.25, -0.2) is 26.3 Å². The van der Waals surface area contributed by atoms with Crippen molar-refractivity contribution in [3.05, 3.63) is 59.4 Å². The van der Waals surface area contributed by atoms with Crippen molar-refractivity contribution in [3.8, 4) is 0 Å². The Balaban J connectivity index is 2.02. The Morgan fingerprint density at radius 2 is 1.64 bits per heavy atom. The Hall–Kier alpha value is -2.39. The first-order chi connectivity index (χ1) is 11.7. The number of carbonyl (C=O) groups is 1. The summed E-state index contributed by atoms with van der Waals surface area (Å²) in [6.45, 7) is 1.22. The van der Waals surface area contributed by atoms with Crippen molar-refractivity contribution < 1.29 is 26.4 Å². The van der Waals surface area contributed by atoms with Crippen LogP contribution < -0.4 is 10.0 Å². The summed E-state index contributed by atoms with van der Waals surface area (Å²) in [5, 5.41) is 1.97. The maximum atomic E-state index is 13.5. The molecule has 0 atom stereocenters. The van der Waals surface area contributed by atoms with Gasteiger partial charge in [0, 0.05) is 0 Å². The third kappa shape index (κ3) is 4.58. The lowest BCUT2D eigenvalue weighted by molar-refractivity contribution is -0.115. The summed E-state index contributed by atoms with van der Waals surface area (Å²) in [7, 11) is -3.94. The van der Waals surface area contributed by atoms with Crippen LogP contribution in [0.15, 0.2) is 41.3 Å². The molecule has 0 spiro atoms. The molecule has 0 saturated carbocycles. The molecule has 0 saturated heterocycles. The fourth-order valence-electron chi connectivity index (χ4n) is 1.97. The maximum absolute atomic E-state index is 13.5. The Morgan fingerprint density at radius 3 is 2.24 bits per heavy atom. The molecule has 0 aliphatic rings. The molecule has 1 amide bonds. The minimum atomic E-state index is -3.94. The van der Waals surface area contributed by atoms with E-state index < -0.39 is 45.6 Å². The van der Waals surface area contributed by atoms with Gasteiger partial charge in [0.1, 0.15) is 0 Å². The first-order valence-corrected chi connectivity index (χ1v) is 8.75. The molecule has 0 radical (unpaired) electrons. The van der Waals surface area contributed by atoms with E-state index in [2.05, 4.69) is 0 Å². The molecule has 5 nitrogen and oxygen atoms in total. The van der Waals surface area contributed by atoms with Gasteiger partial charge in [0.15, 0.2) is 17.5 Å². The van der Waals surface area contributed by atoms with Gasteiger partial charge in [0.2, 0.25) is 15.9 Å². The van der Waals surface area contributed by atoms with Crippen molar-refractivity contribution in [2.75, 3.05) is 11.9 Å². The number of carbonyl (C=O) groups excluding carboxylic acids is 1. The molecule has 2 aromatic rings. The van der Waals surface area contributed by atoms with E-state index in [1.165, 1.54) is 12.1 Å². The molecular weight excluding hydrogens is 357 g/mol. The molecule has 0 heterocycles. The topological polar surface area (TPSA) is 75.3 Å². The number of halogens is 3. The molecule has 0 aliphatic heterocycles. The number of anilines is 1. The molecular formula is C16H15F3N2O3S. The summed E-state index contributed by atoms with van der Waals surface area (Å²) >= 11 is 0. The minimum absolute atomic E-state index is 0.0310. The van der Waals surface area contributed by atoms with Crippen LogP contribution in [0.2, 0.25) is 0 Å². The molecule has 2 N–H and O–H groups in total. The van der Waals surface area contributed by atoms with Crippen molar-refractivity contribution in [2.45, 2.75) is 18.2 Å². The van der Waals surface area contributed by atoms with E-state index in [0.29, 0.717) is 6.07 Å². The molecule has 0 aromatic heterocycles. The highest BCUT2D eigenvalue weighted by Crippen LogP contribution is 2.19. The van der Waals surface area contributed by atoms with Gasteiger partial charge in [-0.2, -0.15) is 0 Å². The first kappa shape index (κ1) is 18.9. The Labute approximate surface area is 142 Å². The molecule has 0 bridgehead atoms. The van der Waals surface area contributed by atoms with E-state index in [1.807, 2.05) is 17.0 Å². The predicted octanol–water partition coefficient (Wildman–Crippen LogP) is 2.58. The second-order valence-electron chi connectivity index (χ2n) is 5.09. The second-order valence-corrected chi connectivity index (χ2v) is 6.86. The zero-order valence-electron chi connectivity index (χ0n) is 13.1. The Kier molecular flexibility index (Phi) is 5.81. The lowest BCUT2D eigenvalue weighted by Gasteiger charge is -2.09. The summed E-state index contributed by atoms with van der Waals surface area (Å²) in [6, 6.07) is 7.57. The zero-order chi connectivity index (χ0) is 18.6. The Bertz CT molecular complexity index is 884. The summed E-state index contributed by atoms with van der Waals surface area (Å²) in [6.07, 6.45) is 0.746. The molecule has 2 aromatic carbocycles. The van der Waals surface area contributed by atoms with Crippen LogP contribution in [-0.2, 0) is 21.2 Å². The Morgan fingerprint density at radius 1 is 1.00 bits per heavy atom. The van der Waals surface area contributed by atoms with Crippen LogP contribution in [0.25, 0.3) is 0 Å². The van der Waals surface area contributed by atoms with Gasteiger partial charge in [0.25, 0.3) is 0 Å². The van der Waals surface area contributed by atoms with Gasteiger partial charge in [0.05, 0.1) is 17.1 Å². The van der Waals surface area contributed by atoms with Crippen LogP contribution in [-0.4, -0.2) is 20.9 Å². The van der Waals surface area contributed by atoms with Gasteiger partial charge >= 0.3 is 0 Å². The van der Waals surface area contributed by atoms with E-state index in [1.54, 1.807) is 12.1 Å². The van der Waals surface area contributed by atoms with Crippen molar-refractivity contribution in [3.63, 3.8) is 0 Å². The molecule has 2 rings (SSSR count). The van der Waals surface area contributed by atoms with E-state index in [9.17, 15) is 26.4 Å². The van der Waals surface area contributed by atoms with Gasteiger partial charge < -0.3 is 5.32 Å². The smallest absolute Gasteiger partial charge is 0.241 e. The summed E-state index contributed by atoms with van der Waals surface area (Å²) in [5.41, 5.74) is 0.362. The fraction of sp³-hybridized carbons (Fsp3) is 0.188. The van der Waals surface area contributed by atoms with Gasteiger partial charge in [-0.3, -0.25) is 4.79 Å². The van der Waals surface area contributed by atoms with Crippen LogP contribution in [0.4, 0.5) is 18.9 Å². The van der Waals surface area contributed by atoms with Gasteiger partial charge in [-0.1, -0.05) is 19.1 Å². The van der Waals surface area contributed by atoms with Crippen molar-refractivity contribution in [2.24, 2.45) is 0 Å². The van der Waals surface area contributed by atoms with E-state index in [0.717, 1.165) is 18.1 Å². The van der Waals surface area contributed by atoms with E-state index >= 15 is 0 Å². The molecule has 0 aliphatic carbocycles. The first-order valence-electron chi connectivity index (χ1n) is 7.26. The van der Waals surface area contributed by atoms with Crippen LogP contribution in [0.5, 0.6) is 0 Å². The van der Waals surface area contributed by atoms with E-state index in [4.69, 9.17) is 0 Å². The summed E-state index contributed by atoms with van der Waals surface area (Å²) in [4.78, 5) is 11.7. The zero-order valence-corrected chi connectivity index (χ0v) is 14.0. The number of benzene rings is 2. The predicted molar refractivity (Wildman–Crippen MR) is 86.0 cm³/mol. The number of rotatable bonds is 6. The van der Waals surface area contributed by atoms with Gasteiger partial charge in [-0.05, 0) is 36.2 Å². The summed E-state index contributed by atoms with van der Waals surface area (Å²) < 4.78 is 65.6. The monoisotopic (exact) mass is 372 g/mol. The molecule has 0 unspecified atom stereocenters. The second kappa shape index (κ2) is 7.66. The van der Waals surface area contributed by atoms with Gasteiger partial charge in [-0.15, -0.1) is 0 Å². The highest BCUT2D eigenvalue weighted by atomic mass is 32.2. The molecule has 25 heavy (non-hydrogen) atoms. The lowest BCUT2D eigenvalue weighted by atomic mass is 10.2. The van der Waals surface area contributed by atoms with Crippen LogP contribution in [0.3, 0.4) is 0 Å². The number of sulfonamides is 1. The summed E-state index contributed by atoms with van der Waals surface area (Å²) in [5.74, 6) is -5.62. The average molecular weight is 372 g/mol. The molecule has 0 fully saturated rings. The molecule has 9 heteroatoms. The van der Waals surface area contributed by atoms with Crippen molar-refractivity contribution >= 4 is 21.6 Å². The van der Waals surface area contributed by atoms with E-state index in [-0.39, 0.29) is 4.90 Å². The van der Waals surface area contributed by atoms with Crippen molar-refractivity contribution in [1.82, 2.24) is 4.72 Å². The molecule has 134 valence electrons. The van der Waals surface area contributed by atoms with Crippen LogP contribution in [0, 0.1) is 17.5 Å². The maximum Gasteiger partial charge on any atom is 0.241 e. The number of aryl methyl sites for hydroxylation is 1. The number of hydrogen-bond donors (Lipinski definition) is 2. The number of nitrogens with one attached hydrogen (secondary N) is 2. The minimum Gasteiger partial charge on any atom is -0.322 e. The lowest BCUT2D eigenvalue weighted by Crippen LogP contribution is -2.33. The normalized spacial score (nSPS) is 11.4. The van der Waals surface area contributed by atoms with Crippen LogP contribution >= 0.6 is 0 Å².